The second kappa shape index (κ2) is 9.22. The maximum Gasteiger partial charge on any atom is 0.241 e. The van der Waals surface area contributed by atoms with E-state index in [1.807, 2.05) is 0 Å². The Hall–Kier alpha value is -1.35. The van der Waals surface area contributed by atoms with Gasteiger partial charge in [-0.2, -0.15) is 4.72 Å². The van der Waals surface area contributed by atoms with Crippen molar-refractivity contribution in [3.8, 4) is 5.75 Å². The van der Waals surface area contributed by atoms with Crippen molar-refractivity contribution in [3.05, 3.63) is 23.2 Å². The first-order valence-electron chi connectivity index (χ1n) is 7.45. The van der Waals surface area contributed by atoms with Crippen LogP contribution in [0.15, 0.2) is 23.1 Å². The molecule has 24 heavy (non-hydrogen) atoms. The lowest BCUT2D eigenvalue weighted by atomic mass is 10.3. The van der Waals surface area contributed by atoms with Crippen LogP contribution in [0.2, 0.25) is 5.02 Å². The van der Waals surface area contributed by atoms with Crippen LogP contribution in [0.25, 0.3) is 0 Å². The Morgan fingerprint density at radius 2 is 2.00 bits per heavy atom. The average molecular weight is 379 g/mol. The Bertz CT molecular complexity index is 666. The van der Waals surface area contributed by atoms with Crippen LogP contribution in [0, 0.1) is 0 Å². The van der Waals surface area contributed by atoms with Crippen LogP contribution in [0.3, 0.4) is 0 Å². The molecule has 136 valence electrons. The lowest BCUT2D eigenvalue weighted by Crippen LogP contribution is -2.48. The highest BCUT2D eigenvalue weighted by molar-refractivity contribution is 7.89. The van der Waals surface area contributed by atoms with Gasteiger partial charge in [-0.3, -0.25) is 4.79 Å². The minimum atomic E-state index is -3.89. The zero-order chi connectivity index (χ0) is 18.3. The predicted octanol–water partition coefficient (Wildman–Crippen LogP) is 1.56. The average Bonchev–Trinajstić information content (AvgIpc) is 2.49. The largest absolute Gasteiger partial charge is 0.492 e. The number of rotatable bonds is 9. The molecular weight excluding hydrogens is 356 g/mol. The van der Waals surface area contributed by atoms with Crippen LogP contribution in [0.4, 0.5) is 0 Å². The molecular formula is C15H23ClN2O5S. The lowest BCUT2D eigenvalue weighted by molar-refractivity contribution is -0.123. The standard InChI is InChI=1S/C15H23ClN2O5S/c1-5-23-14-7-6-12(8-13(14)16)24(20,21)18-11(3)15(19)17-10(2)9-22-4/h6-8,10-11,18H,5,9H2,1-4H3,(H,17,19)/t10-,11-/m1/s1. The summed E-state index contributed by atoms with van der Waals surface area (Å²) in [6, 6.07) is 2.96. The van der Waals surface area contributed by atoms with Crippen molar-refractivity contribution in [2.24, 2.45) is 0 Å². The molecule has 0 unspecified atom stereocenters. The molecule has 0 aliphatic carbocycles. The lowest BCUT2D eigenvalue weighted by Gasteiger charge is -2.18. The number of ether oxygens (including phenoxy) is 2. The third kappa shape index (κ3) is 5.94. The number of nitrogens with one attached hydrogen (secondary N) is 2. The van der Waals surface area contributed by atoms with Crippen LogP contribution < -0.4 is 14.8 Å². The molecule has 7 nitrogen and oxygen atoms in total. The molecule has 0 aliphatic rings. The van der Waals surface area contributed by atoms with Gasteiger partial charge < -0.3 is 14.8 Å². The van der Waals surface area contributed by atoms with Gasteiger partial charge in [0.2, 0.25) is 15.9 Å². The highest BCUT2D eigenvalue weighted by atomic mass is 35.5. The highest BCUT2D eigenvalue weighted by Gasteiger charge is 2.23. The normalized spacial score (nSPS) is 14.0. The number of methoxy groups -OCH3 is 1. The van der Waals surface area contributed by atoms with E-state index in [9.17, 15) is 13.2 Å². The van der Waals surface area contributed by atoms with E-state index in [-0.39, 0.29) is 16.0 Å². The summed E-state index contributed by atoms with van der Waals surface area (Å²) in [4.78, 5) is 12.0. The number of hydrogen-bond donors (Lipinski definition) is 2. The summed E-state index contributed by atoms with van der Waals surface area (Å²) >= 11 is 6.01. The Labute approximate surface area is 147 Å². The van der Waals surface area contributed by atoms with Crippen LogP contribution >= 0.6 is 11.6 Å². The molecule has 2 atom stereocenters. The topological polar surface area (TPSA) is 93.7 Å². The Kier molecular flexibility index (Phi) is 7.95. The van der Waals surface area contributed by atoms with Crippen molar-refractivity contribution in [2.45, 2.75) is 37.8 Å². The van der Waals surface area contributed by atoms with Crippen molar-refractivity contribution < 1.29 is 22.7 Å². The number of hydrogen-bond acceptors (Lipinski definition) is 5. The van der Waals surface area contributed by atoms with Crippen molar-refractivity contribution in [1.29, 1.82) is 0 Å². The van der Waals surface area contributed by atoms with Gasteiger partial charge >= 0.3 is 0 Å². The molecule has 0 fully saturated rings. The molecule has 0 spiro atoms. The summed E-state index contributed by atoms with van der Waals surface area (Å²) in [5.41, 5.74) is 0. The molecule has 0 saturated carbocycles. The number of amides is 1. The molecule has 0 radical (unpaired) electrons. The first kappa shape index (κ1) is 20.7. The van der Waals surface area contributed by atoms with Gasteiger partial charge in [0, 0.05) is 13.2 Å². The molecule has 1 aromatic carbocycles. The smallest absolute Gasteiger partial charge is 0.241 e. The fraction of sp³-hybridized carbons (Fsp3) is 0.533. The second-order valence-corrected chi connectivity index (χ2v) is 7.35. The summed E-state index contributed by atoms with van der Waals surface area (Å²) in [5, 5.41) is 2.84. The molecule has 2 N–H and O–H groups in total. The predicted molar refractivity (Wildman–Crippen MR) is 91.9 cm³/mol. The zero-order valence-electron chi connectivity index (χ0n) is 14.1. The number of benzene rings is 1. The van der Waals surface area contributed by atoms with Crippen molar-refractivity contribution >= 4 is 27.5 Å². The quantitative estimate of drug-likeness (QED) is 0.680. The molecule has 0 aromatic heterocycles. The van der Waals surface area contributed by atoms with Gasteiger partial charge in [-0.05, 0) is 39.0 Å². The van der Waals surface area contributed by atoms with E-state index in [1.165, 1.54) is 32.2 Å². The van der Waals surface area contributed by atoms with Gasteiger partial charge in [0.1, 0.15) is 5.75 Å². The summed E-state index contributed by atoms with van der Waals surface area (Å²) in [7, 11) is -2.37. The van der Waals surface area contributed by atoms with Gasteiger partial charge in [-0.1, -0.05) is 11.6 Å². The fourth-order valence-electron chi connectivity index (χ4n) is 1.94. The van der Waals surface area contributed by atoms with E-state index in [1.54, 1.807) is 13.8 Å². The third-order valence-corrected chi connectivity index (χ3v) is 4.88. The summed E-state index contributed by atoms with van der Waals surface area (Å²) in [6.07, 6.45) is 0. The van der Waals surface area contributed by atoms with Crippen LogP contribution in [-0.4, -0.2) is 46.7 Å². The van der Waals surface area contributed by atoms with Crippen molar-refractivity contribution in [2.75, 3.05) is 20.3 Å². The van der Waals surface area contributed by atoms with Crippen molar-refractivity contribution in [3.63, 3.8) is 0 Å². The fourth-order valence-corrected chi connectivity index (χ4v) is 3.46. The third-order valence-electron chi connectivity index (χ3n) is 3.04. The van der Waals surface area contributed by atoms with E-state index in [0.29, 0.717) is 19.0 Å². The Balaban J connectivity index is 2.82. The van der Waals surface area contributed by atoms with E-state index >= 15 is 0 Å². The van der Waals surface area contributed by atoms with E-state index in [0.717, 1.165) is 0 Å². The Morgan fingerprint density at radius 1 is 1.33 bits per heavy atom. The van der Waals surface area contributed by atoms with Gasteiger partial charge in [-0.25, -0.2) is 8.42 Å². The minimum absolute atomic E-state index is 0.0412. The van der Waals surface area contributed by atoms with Crippen molar-refractivity contribution in [1.82, 2.24) is 10.0 Å². The minimum Gasteiger partial charge on any atom is -0.492 e. The van der Waals surface area contributed by atoms with Gasteiger partial charge in [0.15, 0.2) is 0 Å². The van der Waals surface area contributed by atoms with E-state index < -0.39 is 22.0 Å². The number of sulfonamides is 1. The van der Waals surface area contributed by atoms with Gasteiger partial charge in [-0.15, -0.1) is 0 Å². The first-order chi connectivity index (χ1) is 11.2. The molecule has 0 saturated heterocycles. The SMILES string of the molecule is CCOc1ccc(S(=O)(=O)N[C@H](C)C(=O)N[C@H](C)COC)cc1Cl. The molecule has 0 bridgehead atoms. The van der Waals surface area contributed by atoms with Gasteiger partial charge in [0.25, 0.3) is 0 Å². The molecule has 0 heterocycles. The van der Waals surface area contributed by atoms with Crippen LogP contribution in [0.5, 0.6) is 5.75 Å². The zero-order valence-corrected chi connectivity index (χ0v) is 15.7. The molecule has 9 heteroatoms. The molecule has 0 aliphatic heterocycles. The van der Waals surface area contributed by atoms with E-state index in [2.05, 4.69) is 10.0 Å². The summed E-state index contributed by atoms with van der Waals surface area (Å²) < 4.78 is 37.2. The maximum absolute atomic E-state index is 12.4. The van der Waals surface area contributed by atoms with Crippen LogP contribution in [0.1, 0.15) is 20.8 Å². The maximum atomic E-state index is 12.4. The molecule has 1 aromatic rings. The second-order valence-electron chi connectivity index (χ2n) is 5.23. The Morgan fingerprint density at radius 3 is 2.54 bits per heavy atom. The monoisotopic (exact) mass is 378 g/mol. The summed E-state index contributed by atoms with van der Waals surface area (Å²) in [5.74, 6) is -0.0440. The van der Waals surface area contributed by atoms with Gasteiger partial charge in [0.05, 0.1) is 29.2 Å². The number of carbonyl (C=O) groups excluding carboxylic acids is 1. The molecule has 1 amide bonds. The highest BCUT2D eigenvalue weighted by Crippen LogP contribution is 2.27. The van der Waals surface area contributed by atoms with E-state index in [4.69, 9.17) is 21.1 Å². The van der Waals surface area contributed by atoms with Crippen LogP contribution in [-0.2, 0) is 19.6 Å². The number of halogens is 1. The summed E-state index contributed by atoms with van der Waals surface area (Å²) in [6.45, 7) is 5.77. The molecule has 1 rings (SSSR count). The number of carbonyl (C=O) groups is 1. The first-order valence-corrected chi connectivity index (χ1v) is 9.31.